The van der Waals surface area contributed by atoms with Crippen molar-refractivity contribution in [3.05, 3.63) is 54.1 Å². The SMILES string of the molecule is CCCCCn1cc(-c2cc(F)c(OCC3CCN(c4ncc(CC)cn4)CC3)c(F)c2)cn1. The van der Waals surface area contributed by atoms with Crippen molar-refractivity contribution in [2.24, 2.45) is 5.92 Å². The molecule has 0 atom stereocenters. The molecule has 0 radical (unpaired) electrons. The molecule has 1 aliphatic heterocycles. The van der Waals surface area contributed by atoms with Crippen LogP contribution >= 0.6 is 0 Å². The molecule has 2 aromatic heterocycles. The summed E-state index contributed by atoms with van der Waals surface area (Å²) in [6.45, 7) is 6.90. The predicted molar refractivity (Wildman–Crippen MR) is 129 cm³/mol. The first-order valence-electron chi connectivity index (χ1n) is 12.3. The average molecular weight is 470 g/mol. The van der Waals surface area contributed by atoms with Crippen molar-refractivity contribution in [1.29, 1.82) is 0 Å². The van der Waals surface area contributed by atoms with Gasteiger partial charge in [-0.1, -0.05) is 26.7 Å². The first-order chi connectivity index (χ1) is 16.6. The molecule has 1 fully saturated rings. The zero-order valence-electron chi connectivity index (χ0n) is 20.0. The van der Waals surface area contributed by atoms with Gasteiger partial charge in [0.15, 0.2) is 17.4 Å². The van der Waals surface area contributed by atoms with Gasteiger partial charge in [-0.15, -0.1) is 0 Å². The van der Waals surface area contributed by atoms with Gasteiger partial charge < -0.3 is 9.64 Å². The molecule has 0 N–H and O–H groups in total. The topological polar surface area (TPSA) is 56.1 Å². The molecule has 3 aromatic rings. The molecule has 8 heteroatoms. The minimum Gasteiger partial charge on any atom is -0.487 e. The lowest BCUT2D eigenvalue weighted by atomic mass is 9.98. The molecule has 34 heavy (non-hydrogen) atoms. The fraction of sp³-hybridized carbons (Fsp3) is 0.500. The second-order valence-electron chi connectivity index (χ2n) is 8.95. The Hall–Kier alpha value is -3.03. The minimum absolute atomic E-state index is 0.228. The molecule has 3 heterocycles. The molecule has 4 rings (SSSR count). The maximum absolute atomic E-state index is 14.7. The molecule has 0 amide bonds. The molecule has 1 aliphatic rings. The van der Waals surface area contributed by atoms with Crippen LogP contribution in [-0.4, -0.2) is 39.4 Å². The standard InChI is InChI=1S/C26H33F2N5O/c1-3-5-6-9-33-17-22(16-31-33)21-12-23(27)25(24(28)13-21)34-18-20-7-10-32(11-8-20)26-29-14-19(4-2)15-30-26/h12-17,20H,3-11,18H2,1-2H3. The Labute approximate surface area is 200 Å². The number of halogens is 2. The van der Waals surface area contributed by atoms with Crippen molar-refractivity contribution in [3.8, 4) is 16.9 Å². The Morgan fingerprint density at radius 3 is 2.32 bits per heavy atom. The number of ether oxygens (including phenoxy) is 1. The maximum Gasteiger partial charge on any atom is 0.225 e. The molecule has 0 aliphatic carbocycles. The lowest BCUT2D eigenvalue weighted by molar-refractivity contribution is 0.207. The Kier molecular flexibility index (Phi) is 8.08. The van der Waals surface area contributed by atoms with Gasteiger partial charge in [-0.3, -0.25) is 4.68 Å². The lowest BCUT2D eigenvalue weighted by Crippen LogP contribution is -2.36. The predicted octanol–water partition coefficient (Wildman–Crippen LogP) is 5.67. The Bertz CT molecular complexity index is 1040. The van der Waals surface area contributed by atoms with Crippen LogP contribution in [0.25, 0.3) is 11.1 Å². The van der Waals surface area contributed by atoms with Crippen molar-refractivity contribution in [3.63, 3.8) is 0 Å². The highest BCUT2D eigenvalue weighted by molar-refractivity contribution is 5.63. The van der Waals surface area contributed by atoms with Crippen molar-refractivity contribution < 1.29 is 13.5 Å². The molecule has 0 saturated carbocycles. The number of rotatable bonds is 10. The fourth-order valence-electron chi connectivity index (χ4n) is 4.22. The summed E-state index contributed by atoms with van der Waals surface area (Å²) in [5.41, 5.74) is 2.27. The van der Waals surface area contributed by atoms with Gasteiger partial charge in [0.2, 0.25) is 5.95 Å². The van der Waals surface area contributed by atoms with Crippen LogP contribution in [0.15, 0.2) is 36.9 Å². The van der Waals surface area contributed by atoms with Gasteiger partial charge in [0.25, 0.3) is 0 Å². The van der Waals surface area contributed by atoms with Gasteiger partial charge in [-0.05, 0) is 54.9 Å². The molecule has 0 spiro atoms. The highest BCUT2D eigenvalue weighted by atomic mass is 19.1. The first-order valence-corrected chi connectivity index (χ1v) is 12.3. The summed E-state index contributed by atoms with van der Waals surface area (Å²) in [5.74, 6) is -0.713. The highest BCUT2D eigenvalue weighted by Crippen LogP contribution is 2.30. The quantitative estimate of drug-likeness (QED) is 0.358. The first kappa shape index (κ1) is 24.1. The van der Waals surface area contributed by atoms with Gasteiger partial charge in [-0.2, -0.15) is 5.10 Å². The summed E-state index contributed by atoms with van der Waals surface area (Å²) in [6.07, 6.45) is 13.1. The summed E-state index contributed by atoms with van der Waals surface area (Å²) >= 11 is 0. The van der Waals surface area contributed by atoms with Gasteiger partial charge in [0.1, 0.15) is 0 Å². The van der Waals surface area contributed by atoms with Crippen molar-refractivity contribution in [2.75, 3.05) is 24.6 Å². The number of nitrogens with zero attached hydrogens (tertiary/aromatic N) is 5. The summed E-state index contributed by atoms with van der Waals surface area (Å²) in [7, 11) is 0. The zero-order chi connectivity index (χ0) is 23.9. The Morgan fingerprint density at radius 1 is 0.971 bits per heavy atom. The third kappa shape index (κ3) is 5.90. The summed E-state index contributed by atoms with van der Waals surface area (Å²) < 4.78 is 36.9. The van der Waals surface area contributed by atoms with Crippen LogP contribution in [0.2, 0.25) is 0 Å². The highest BCUT2D eigenvalue weighted by Gasteiger charge is 2.23. The lowest BCUT2D eigenvalue weighted by Gasteiger charge is -2.31. The number of benzene rings is 1. The fourth-order valence-corrected chi connectivity index (χ4v) is 4.22. The second kappa shape index (κ2) is 11.4. The van der Waals surface area contributed by atoms with Gasteiger partial charge in [0, 0.05) is 43.8 Å². The number of unbranched alkanes of at least 4 members (excludes halogenated alkanes) is 2. The van der Waals surface area contributed by atoms with E-state index in [9.17, 15) is 8.78 Å². The monoisotopic (exact) mass is 469 g/mol. The van der Waals surface area contributed by atoms with E-state index in [0.717, 1.165) is 69.7 Å². The van der Waals surface area contributed by atoms with E-state index >= 15 is 0 Å². The third-order valence-electron chi connectivity index (χ3n) is 6.42. The number of aryl methyl sites for hydroxylation is 2. The van der Waals surface area contributed by atoms with E-state index in [1.807, 2.05) is 23.3 Å². The van der Waals surface area contributed by atoms with Crippen LogP contribution < -0.4 is 9.64 Å². The van der Waals surface area contributed by atoms with Crippen molar-refractivity contribution in [1.82, 2.24) is 19.7 Å². The van der Waals surface area contributed by atoms with E-state index in [-0.39, 0.29) is 18.3 Å². The van der Waals surface area contributed by atoms with Crippen LogP contribution in [0.3, 0.4) is 0 Å². The molecule has 1 aromatic carbocycles. The van der Waals surface area contributed by atoms with E-state index in [1.54, 1.807) is 6.20 Å². The molecule has 1 saturated heterocycles. The van der Waals surface area contributed by atoms with Crippen molar-refractivity contribution >= 4 is 5.95 Å². The molecule has 0 bridgehead atoms. The largest absolute Gasteiger partial charge is 0.487 e. The van der Waals surface area contributed by atoms with Gasteiger partial charge >= 0.3 is 0 Å². The number of aromatic nitrogens is 4. The zero-order valence-corrected chi connectivity index (χ0v) is 20.0. The smallest absolute Gasteiger partial charge is 0.225 e. The number of hydrogen-bond acceptors (Lipinski definition) is 5. The minimum atomic E-state index is -0.685. The molecule has 0 unspecified atom stereocenters. The molecule has 6 nitrogen and oxygen atoms in total. The van der Waals surface area contributed by atoms with Gasteiger partial charge in [0.05, 0.1) is 12.8 Å². The summed E-state index contributed by atoms with van der Waals surface area (Å²) in [5, 5.41) is 4.31. The Morgan fingerprint density at radius 2 is 1.68 bits per heavy atom. The molecular weight excluding hydrogens is 436 g/mol. The van der Waals surface area contributed by atoms with E-state index in [0.29, 0.717) is 11.1 Å². The summed E-state index contributed by atoms with van der Waals surface area (Å²) in [6, 6.07) is 2.65. The van der Waals surface area contributed by atoms with Crippen LogP contribution in [0, 0.1) is 17.6 Å². The normalized spacial score (nSPS) is 14.5. The van der Waals surface area contributed by atoms with Crippen molar-refractivity contribution in [2.45, 2.75) is 58.9 Å². The van der Waals surface area contributed by atoms with Crippen LogP contribution in [-0.2, 0) is 13.0 Å². The van der Waals surface area contributed by atoms with Crippen LogP contribution in [0.1, 0.15) is 51.5 Å². The van der Waals surface area contributed by atoms with E-state index in [1.165, 1.54) is 12.1 Å². The van der Waals surface area contributed by atoms with E-state index in [4.69, 9.17) is 4.74 Å². The number of piperidine rings is 1. The van der Waals surface area contributed by atoms with E-state index < -0.39 is 11.6 Å². The number of anilines is 1. The van der Waals surface area contributed by atoms with E-state index in [2.05, 4.69) is 33.8 Å². The average Bonchev–Trinajstić information content (AvgIpc) is 3.33. The number of hydrogen-bond donors (Lipinski definition) is 0. The molecule has 182 valence electrons. The second-order valence-corrected chi connectivity index (χ2v) is 8.95. The summed E-state index contributed by atoms with van der Waals surface area (Å²) in [4.78, 5) is 11.0. The molecular formula is C26H33F2N5O. The van der Waals surface area contributed by atoms with Crippen LogP contribution in [0.5, 0.6) is 5.75 Å². The van der Waals surface area contributed by atoms with Crippen LogP contribution in [0.4, 0.5) is 14.7 Å². The third-order valence-corrected chi connectivity index (χ3v) is 6.42. The Balaban J connectivity index is 1.31. The maximum atomic E-state index is 14.7. The van der Waals surface area contributed by atoms with Gasteiger partial charge in [-0.25, -0.2) is 18.7 Å².